The van der Waals surface area contributed by atoms with E-state index >= 15 is 0 Å². The number of aromatic nitrogens is 2. The van der Waals surface area contributed by atoms with Gasteiger partial charge in [0.25, 0.3) is 0 Å². The maximum atomic E-state index is 13.6. The standard InChI is InChI=1S/C25H28N4O7S2/c1-13-16(24-15-6-4-3-5-14(15)7-8-35-24)9-20(37-13)21(30)17-11-27-12-28-25(17)29-18-10-19(23(32)22(18)31)36-38(33,34)26-2/h3-6,9,11-12,18-19,22-24,26,31-32H,7-8,10H2,1-2H3,(H,27,28,29)/t18-,19-,22+,23+,24+/m1/s1. The van der Waals surface area contributed by atoms with E-state index in [1.165, 1.54) is 36.5 Å². The van der Waals surface area contributed by atoms with Gasteiger partial charge < -0.3 is 20.3 Å². The van der Waals surface area contributed by atoms with E-state index in [4.69, 9.17) is 8.92 Å². The molecule has 1 aliphatic carbocycles. The first-order valence-corrected chi connectivity index (χ1v) is 14.3. The summed E-state index contributed by atoms with van der Waals surface area (Å²) in [7, 11) is -2.90. The Hall–Kier alpha value is -2.78. The van der Waals surface area contributed by atoms with E-state index in [9.17, 15) is 23.4 Å². The Balaban J connectivity index is 1.38. The molecule has 1 saturated carbocycles. The predicted octanol–water partition coefficient (Wildman–Crippen LogP) is 1.50. The fraction of sp³-hybridized carbons (Fsp3) is 0.400. The number of ketones is 1. The second kappa shape index (κ2) is 10.8. The third kappa shape index (κ3) is 5.23. The van der Waals surface area contributed by atoms with Crippen molar-refractivity contribution in [3.63, 3.8) is 0 Å². The smallest absolute Gasteiger partial charge is 0.335 e. The first-order valence-electron chi connectivity index (χ1n) is 12.1. The van der Waals surface area contributed by atoms with E-state index in [0.717, 1.165) is 22.4 Å². The highest BCUT2D eigenvalue weighted by atomic mass is 32.2. The van der Waals surface area contributed by atoms with Crippen LogP contribution in [0.2, 0.25) is 0 Å². The Kier molecular flexibility index (Phi) is 7.60. The number of rotatable bonds is 8. The third-order valence-corrected chi connectivity index (χ3v) is 8.93. The molecule has 5 atom stereocenters. The lowest BCUT2D eigenvalue weighted by Gasteiger charge is -2.26. The molecule has 11 nitrogen and oxygen atoms in total. The molecule has 3 heterocycles. The van der Waals surface area contributed by atoms with Crippen LogP contribution in [0.15, 0.2) is 42.9 Å². The lowest BCUT2D eigenvalue weighted by Crippen LogP contribution is -2.38. The van der Waals surface area contributed by atoms with E-state index in [1.807, 2.05) is 35.9 Å². The van der Waals surface area contributed by atoms with Crippen LogP contribution in [0.1, 0.15) is 49.3 Å². The Labute approximate surface area is 224 Å². The van der Waals surface area contributed by atoms with Gasteiger partial charge in [0.05, 0.1) is 23.1 Å². The summed E-state index contributed by atoms with van der Waals surface area (Å²) in [6.07, 6.45) is -0.815. The number of aliphatic hydroxyl groups is 2. The summed E-state index contributed by atoms with van der Waals surface area (Å²) in [5.41, 5.74) is 3.43. The number of anilines is 1. The summed E-state index contributed by atoms with van der Waals surface area (Å²) in [5.74, 6) is -0.152. The molecule has 2 aromatic heterocycles. The maximum absolute atomic E-state index is 13.6. The van der Waals surface area contributed by atoms with Gasteiger partial charge in [0.2, 0.25) is 5.78 Å². The molecule has 0 radical (unpaired) electrons. The van der Waals surface area contributed by atoms with Crippen LogP contribution in [0, 0.1) is 6.92 Å². The van der Waals surface area contributed by atoms with Crippen molar-refractivity contribution in [2.24, 2.45) is 0 Å². The number of aryl methyl sites for hydroxylation is 1. The van der Waals surface area contributed by atoms with Crippen LogP contribution in [-0.2, 0) is 25.6 Å². The van der Waals surface area contributed by atoms with E-state index in [2.05, 4.69) is 21.4 Å². The highest BCUT2D eigenvalue weighted by molar-refractivity contribution is 7.84. The highest BCUT2D eigenvalue weighted by Crippen LogP contribution is 2.38. The van der Waals surface area contributed by atoms with E-state index in [0.29, 0.717) is 11.5 Å². The van der Waals surface area contributed by atoms with Crippen molar-refractivity contribution in [2.45, 2.75) is 50.2 Å². The summed E-state index contributed by atoms with van der Waals surface area (Å²) in [5, 5.41) is 23.8. The van der Waals surface area contributed by atoms with Crippen molar-refractivity contribution < 1.29 is 32.3 Å². The van der Waals surface area contributed by atoms with Crippen molar-refractivity contribution >= 4 is 33.2 Å². The molecule has 0 saturated heterocycles. The monoisotopic (exact) mass is 560 g/mol. The highest BCUT2D eigenvalue weighted by Gasteiger charge is 2.44. The van der Waals surface area contributed by atoms with Crippen LogP contribution in [0.4, 0.5) is 5.82 Å². The predicted molar refractivity (Wildman–Crippen MR) is 139 cm³/mol. The molecule has 1 aliphatic heterocycles. The minimum atomic E-state index is -4.08. The van der Waals surface area contributed by atoms with Crippen LogP contribution >= 0.6 is 11.3 Å². The van der Waals surface area contributed by atoms with Crippen LogP contribution in [0.25, 0.3) is 0 Å². The zero-order chi connectivity index (χ0) is 27.0. The summed E-state index contributed by atoms with van der Waals surface area (Å²) in [4.78, 5) is 23.2. The summed E-state index contributed by atoms with van der Waals surface area (Å²) in [6.45, 7) is 2.55. The average molecular weight is 561 g/mol. The Morgan fingerprint density at radius 1 is 1.21 bits per heavy atom. The van der Waals surface area contributed by atoms with Gasteiger partial charge in [0, 0.05) is 24.5 Å². The Bertz CT molecular complexity index is 1440. The van der Waals surface area contributed by atoms with Crippen LogP contribution in [-0.4, -0.2) is 72.4 Å². The van der Waals surface area contributed by atoms with Gasteiger partial charge in [-0.25, -0.2) is 9.97 Å². The molecule has 0 bridgehead atoms. The van der Waals surface area contributed by atoms with Crippen LogP contribution in [0.5, 0.6) is 0 Å². The molecule has 3 aromatic rings. The van der Waals surface area contributed by atoms with E-state index < -0.39 is 34.7 Å². The average Bonchev–Trinajstić information content (AvgIpc) is 3.43. The van der Waals surface area contributed by atoms with Gasteiger partial charge in [0.1, 0.15) is 36.6 Å². The van der Waals surface area contributed by atoms with Crippen molar-refractivity contribution in [3.05, 3.63) is 74.9 Å². The van der Waals surface area contributed by atoms with Gasteiger partial charge in [-0.2, -0.15) is 13.1 Å². The minimum Gasteiger partial charge on any atom is -0.388 e. The minimum absolute atomic E-state index is 0.0401. The number of benzene rings is 1. The number of ether oxygens (including phenoxy) is 1. The molecule has 5 rings (SSSR count). The van der Waals surface area contributed by atoms with Gasteiger partial charge in [-0.15, -0.1) is 11.3 Å². The Morgan fingerprint density at radius 3 is 2.79 bits per heavy atom. The molecule has 202 valence electrons. The Morgan fingerprint density at radius 2 is 2.00 bits per heavy atom. The normalized spacial score (nSPS) is 25.2. The number of hydrogen-bond donors (Lipinski definition) is 4. The van der Waals surface area contributed by atoms with Gasteiger partial charge in [-0.1, -0.05) is 24.3 Å². The van der Waals surface area contributed by atoms with E-state index in [1.54, 1.807) is 0 Å². The van der Waals surface area contributed by atoms with Gasteiger partial charge in [-0.05, 0) is 36.1 Å². The lowest BCUT2D eigenvalue weighted by atomic mass is 9.93. The van der Waals surface area contributed by atoms with E-state index in [-0.39, 0.29) is 29.7 Å². The number of aliphatic hydroxyl groups excluding tert-OH is 2. The molecule has 2 aliphatic rings. The van der Waals surface area contributed by atoms with Crippen molar-refractivity contribution in [2.75, 3.05) is 19.0 Å². The molecule has 0 unspecified atom stereocenters. The zero-order valence-electron chi connectivity index (χ0n) is 20.7. The first-order chi connectivity index (χ1) is 18.2. The molecular weight excluding hydrogens is 532 g/mol. The molecular formula is C25H28N4O7S2. The second-order valence-electron chi connectivity index (χ2n) is 9.20. The van der Waals surface area contributed by atoms with Crippen LogP contribution < -0.4 is 10.0 Å². The number of thiophene rings is 1. The topological polar surface area (TPSA) is 160 Å². The van der Waals surface area contributed by atoms with Crippen molar-refractivity contribution in [1.82, 2.24) is 14.7 Å². The molecule has 1 fully saturated rings. The summed E-state index contributed by atoms with van der Waals surface area (Å²) < 4.78 is 36.6. The summed E-state index contributed by atoms with van der Waals surface area (Å²) >= 11 is 1.35. The fourth-order valence-corrected chi connectivity index (χ4v) is 6.49. The fourth-order valence-electron chi connectivity index (χ4n) is 4.88. The largest absolute Gasteiger partial charge is 0.388 e. The summed E-state index contributed by atoms with van der Waals surface area (Å²) in [6, 6.07) is 9.14. The lowest BCUT2D eigenvalue weighted by molar-refractivity contribution is -0.00882. The zero-order valence-corrected chi connectivity index (χ0v) is 22.3. The number of nitrogens with one attached hydrogen (secondary N) is 2. The van der Waals surface area contributed by atoms with Gasteiger partial charge in [0.15, 0.2) is 0 Å². The molecule has 38 heavy (non-hydrogen) atoms. The van der Waals surface area contributed by atoms with Crippen LogP contribution in [0.3, 0.4) is 0 Å². The molecule has 1 aromatic carbocycles. The molecule has 4 N–H and O–H groups in total. The number of fused-ring (bicyclic) bond motifs is 1. The molecule has 0 spiro atoms. The van der Waals surface area contributed by atoms with Gasteiger partial charge in [-0.3, -0.25) is 8.98 Å². The third-order valence-electron chi connectivity index (χ3n) is 6.86. The second-order valence-corrected chi connectivity index (χ2v) is 12.0. The maximum Gasteiger partial charge on any atom is 0.335 e. The number of nitrogens with zero attached hydrogens (tertiary/aromatic N) is 2. The van der Waals surface area contributed by atoms with Crippen molar-refractivity contribution in [1.29, 1.82) is 0 Å². The number of carbonyl (C=O) groups excluding carboxylic acids is 1. The van der Waals surface area contributed by atoms with Gasteiger partial charge >= 0.3 is 10.3 Å². The SMILES string of the molecule is CNS(=O)(=O)O[C@@H]1C[C@@H](Nc2ncncc2C(=O)c2cc([C@H]3OCCc4ccccc43)c(C)s2)[C@H](O)[C@H]1O. The number of hydrogen-bond acceptors (Lipinski definition) is 11. The van der Waals surface area contributed by atoms with Crippen molar-refractivity contribution in [3.8, 4) is 0 Å². The molecule has 0 amide bonds. The molecule has 13 heteroatoms. The first kappa shape index (κ1) is 26.8. The quantitative estimate of drug-likeness (QED) is 0.297. The number of carbonyl (C=O) groups is 1.